The van der Waals surface area contributed by atoms with Crippen LogP contribution in [0.15, 0.2) is 42.6 Å². The zero-order valence-corrected chi connectivity index (χ0v) is 10.4. The number of nitrogens with zero attached hydrogens (tertiary/aromatic N) is 3. The molecule has 5 heteroatoms. The first kappa shape index (κ1) is 11.5. The van der Waals surface area contributed by atoms with Gasteiger partial charge in [0.2, 0.25) is 0 Å². The average molecular weight is 255 g/mol. The lowest BCUT2D eigenvalue weighted by Gasteiger charge is -2.01. The Hall–Kier alpha value is -2.56. The third kappa shape index (κ3) is 2.22. The number of pyridine rings is 1. The van der Waals surface area contributed by atoms with Gasteiger partial charge in [-0.15, -0.1) is 0 Å². The van der Waals surface area contributed by atoms with Gasteiger partial charge in [-0.1, -0.05) is 12.1 Å². The average Bonchev–Trinajstić information content (AvgIpc) is 2.83. The van der Waals surface area contributed by atoms with E-state index in [0.29, 0.717) is 17.9 Å². The molecule has 1 aromatic carbocycles. The minimum absolute atomic E-state index is 0.131. The van der Waals surface area contributed by atoms with Crippen molar-refractivity contribution in [2.75, 3.05) is 7.11 Å². The Morgan fingerprint density at radius 1 is 1.26 bits per heavy atom. The molecule has 0 bridgehead atoms. The highest BCUT2D eigenvalue weighted by Crippen LogP contribution is 2.18. The number of methoxy groups -OCH3 is 1. The van der Waals surface area contributed by atoms with E-state index in [2.05, 4.69) is 10.1 Å². The number of hydrogen-bond acceptors (Lipinski definition) is 4. The maximum atomic E-state index is 9.69. The maximum absolute atomic E-state index is 9.69. The van der Waals surface area contributed by atoms with Gasteiger partial charge in [-0.3, -0.25) is 0 Å². The van der Waals surface area contributed by atoms with Crippen molar-refractivity contribution in [2.24, 2.45) is 0 Å². The number of aromatic hydroxyl groups is 1. The first-order chi connectivity index (χ1) is 9.26. The summed E-state index contributed by atoms with van der Waals surface area (Å²) >= 11 is 0. The fourth-order valence-electron chi connectivity index (χ4n) is 1.98. The van der Waals surface area contributed by atoms with E-state index in [0.717, 1.165) is 11.3 Å². The van der Waals surface area contributed by atoms with E-state index in [9.17, 15) is 5.11 Å². The summed E-state index contributed by atoms with van der Waals surface area (Å²) in [5, 5.41) is 14.0. The number of aromatic nitrogens is 3. The summed E-state index contributed by atoms with van der Waals surface area (Å²) in [7, 11) is 1.64. The zero-order valence-electron chi connectivity index (χ0n) is 10.4. The summed E-state index contributed by atoms with van der Waals surface area (Å²) in [6.45, 7) is 0. The second-order valence-electron chi connectivity index (χ2n) is 4.22. The topological polar surface area (TPSA) is 59.7 Å². The van der Waals surface area contributed by atoms with Crippen LogP contribution in [0.3, 0.4) is 0 Å². The summed E-state index contributed by atoms with van der Waals surface area (Å²) in [6.07, 6.45) is 2.36. The summed E-state index contributed by atoms with van der Waals surface area (Å²) in [5.41, 5.74) is 1.54. The number of hydrogen-bond donors (Lipinski definition) is 1. The first-order valence-corrected chi connectivity index (χ1v) is 5.92. The van der Waals surface area contributed by atoms with Crippen LogP contribution in [0.4, 0.5) is 0 Å². The Labute approximate surface area is 110 Å². The van der Waals surface area contributed by atoms with E-state index in [1.807, 2.05) is 24.3 Å². The van der Waals surface area contributed by atoms with E-state index in [1.165, 1.54) is 0 Å². The van der Waals surface area contributed by atoms with Crippen molar-refractivity contribution < 1.29 is 9.84 Å². The molecule has 2 aromatic heterocycles. The lowest BCUT2D eigenvalue weighted by molar-refractivity contribution is 0.414. The minimum atomic E-state index is 0.131. The van der Waals surface area contributed by atoms with E-state index >= 15 is 0 Å². The summed E-state index contributed by atoms with van der Waals surface area (Å²) < 4.78 is 6.76. The molecular weight excluding hydrogens is 242 g/mol. The molecule has 0 spiro atoms. The molecule has 0 atom stereocenters. The van der Waals surface area contributed by atoms with Crippen molar-refractivity contribution in [2.45, 2.75) is 6.42 Å². The van der Waals surface area contributed by atoms with Crippen molar-refractivity contribution in [1.82, 2.24) is 14.6 Å². The molecule has 0 aliphatic rings. The monoisotopic (exact) mass is 255 g/mol. The van der Waals surface area contributed by atoms with Crippen molar-refractivity contribution >= 4 is 5.65 Å². The molecule has 5 nitrogen and oxygen atoms in total. The lowest BCUT2D eigenvalue weighted by Crippen LogP contribution is -1.93. The van der Waals surface area contributed by atoms with Gasteiger partial charge in [0.15, 0.2) is 17.2 Å². The van der Waals surface area contributed by atoms with E-state index in [1.54, 1.807) is 30.0 Å². The quantitative estimate of drug-likeness (QED) is 0.778. The molecule has 0 radical (unpaired) electrons. The highest BCUT2D eigenvalue weighted by Gasteiger charge is 2.08. The highest BCUT2D eigenvalue weighted by atomic mass is 16.5. The van der Waals surface area contributed by atoms with Gasteiger partial charge in [0.05, 0.1) is 7.11 Å². The van der Waals surface area contributed by atoms with Crippen molar-refractivity contribution in [3.63, 3.8) is 0 Å². The van der Waals surface area contributed by atoms with Gasteiger partial charge in [-0.25, -0.2) is 9.50 Å². The molecule has 0 unspecified atom stereocenters. The van der Waals surface area contributed by atoms with Crippen LogP contribution in [-0.2, 0) is 6.42 Å². The van der Waals surface area contributed by atoms with Gasteiger partial charge < -0.3 is 9.84 Å². The molecular formula is C14H13N3O2. The van der Waals surface area contributed by atoms with E-state index < -0.39 is 0 Å². The van der Waals surface area contributed by atoms with Crippen LogP contribution >= 0.6 is 0 Å². The molecule has 0 saturated carbocycles. The van der Waals surface area contributed by atoms with Gasteiger partial charge in [0.1, 0.15) is 5.75 Å². The Bertz CT molecular complexity index is 722. The molecule has 0 amide bonds. The number of ether oxygens (including phenoxy) is 1. The van der Waals surface area contributed by atoms with Crippen molar-refractivity contribution in [3.05, 3.63) is 54.0 Å². The molecule has 0 saturated heterocycles. The normalized spacial score (nSPS) is 10.8. The van der Waals surface area contributed by atoms with Crippen LogP contribution in [0.1, 0.15) is 11.4 Å². The predicted molar refractivity (Wildman–Crippen MR) is 70.5 cm³/mol. The van der Waals surface area contributed by atoms with Crippen LogP contribution < -0.4 is 4.74 Å². The van der Waals surface area contributed by atoms with Gasteiger partial charge >= 0.3 is 0 Å². The second kappa shape index (κ2) is 4.61. The maximum Gasteiger partial charge on any atom is 0.197 e. The molecule has 3 rings (SSSR count). The number of rotatable bonds is 3. The SMILES string of the molecule is COc1cccc(Cc2nc3c(O)cccn3n2)c1. The first-order valence-electron chi connectivity index (χ1n) is 5.92. The largest absolute Gasteiger partial charge is 0.504 e. The van der Waals surface area contributed by atoms with Crippen LogP contribution in [0.5, 0.6) is 11.5 Å². The number of fused-ring (bicyclic) bond motifs is 1. The Kier molecular flexibility index (Phi) is 2.79. The predicted octanol–water partition coefficient (Wildman–Crippen LogP) is 2.03. The van der Waals surface area contributed by atoms with E-state index in [-0.39, 0.29) is 5.75 Å². The third-order valence-corrected chi connectivity index (χ3v) is 2.88. The van der Waals surface area contributed by atoms with Crippen LogP contribution in [0, 0.1) is 0 Å². The Balaban J connectivity index is 1.94. The minimum Gasteiger partial charge on any atom is -0.504 e. The standard InChI is InChI=1S/C14H13N3O2/c1-19-11-5-2-4-10(8-11)9-13-15-14-12(18)6-3-7-17(14)16-13/h2-8,18H,9H2,1H3. The summed E-state index contributed by atoms with van der Waals surface area (Å²) in [6, 6.07) is 11.1. The Morgan fingerprint density at radius 2 is 2.16 bits per heavy atom. The molecule has 3 aromatic rings. The van der Waals surface area contributed by atoms with Crippen LogP contribution in [0.2, 0.25) is 0 Å². The van der Waals surface area contributed by atoms with Crippen molar-refractivity contribution in [3.8, 4) is 11.5 Å². The van der Waals surface area contributed by atoms with Crippen molar-refractivity contribution in [1.29, 1.82) is 0 Å². The molecule has 2 heterocycles. The van der Waals surface area contributed by atoms with Crippen LogP contribution in [0.25, 0.3) is 5.65 Å². The summed E-state index contributed by atoms with van der Waals surface area (Å²) in [5.74, 6) is 1.60. The zero-order chi connectivity index (χ0) is 13.2. The molecule has 0 aliphatic heterocycles. The van der Waals surface area contributed by atoms with Crippen LogP contribution in [-0.4, -0.2) is 26.8 Å². The van der Waals surface area contributed by atoms with Gasteiger partial charge in [0, 0.05) is 12.6 Å². The molecule has 1 N–H and O–H groups in total. The van der Waals surface area contributed by atoms with Gasteiger partial charge in [0.25, 0.3) is 0 Å². The second-order valence-corrected chi connectivity index (χ2v) is 4.22. The summed E-state index contributed by atoms with van der Waals surface area (Å²) in [4.78, 5) is 4.32. The van der Waals surface area contributed by atoms with Gasteiger partial charge in [-0.05, 0) is 29.8 Å². The lowest BCUT2D eigenvalue weighted by atomic mass is 10.1. The molecule has 19 heavy (non-hydrogen) atoms. The van der Waals surface area contributed by atoms with E-state index in [4.69, 9.17) is 4.74 Å². The fraction of sp³-hybridized carbons (Fsp3) is 0.143. The smallest absolute Gasteiger partial charge is 0.197 e. The molecule has 0 fully saturated rings. The fourth-order valence-corrected chi connectivity index (χ4v) is 1.98. The Morgan fingerprint density at radius 3 is 2.95 bits per heavy atom. The molecule has 96 valence electrons. The third-order valence-electron chi connectivity index (χ3n) is 2.88. The number of benzene rings is 1. The highest BCUT2D eigenvalue weighted by molar-refractivity contribution is 5.51. The molecule has 0 aliphatic carbocycles. The van der Waals surface area contributed by atoms with Gasteiger partial charge in [-0.2, -0.15) is 5.10 Å².